The first kappa shape index (κ1) is 19.1. The zero-order valence-electron chi connectivity index (χ0n) is 16.9. The summed E-state index contributed by atoms with van der Waals surface area (Å²) in [5, 5.41) is 7.65. The van der Waals surface area contributed by atoms with Crippen LogP contribution in [0.4, 0.5) is 0 Å². The number of carbonyl (C=O) groups excluding carboxylic acids is 1. The molecule has 1 amide bonds. The molecule has 2 heterocycles. The van der Waals surface area contributed by atoms with Crippen molar-refractivity contribution in [3.05, 3.63) is 71.5 Å². The average Bonchev–Trinajstić information content (AvgIpc) is 3.13. The van der Waals surface area contributed by atoms with Crippen LogP contribution < -0.4 is 14.8 Å². The van der Waals surface area contributed by atoms with Gasteiger partial charge in [-0.25, -0.2) is 4.68 Å². The molecule has 1 atom stereocenters. The number of benzene rings is 2. The van der Waals surface area contributed by atoms with Gasteiger partial charge < -0.3 is 14.8 Å². The Morgan fingerprint density at radius 1 is 1.03 bits per heavy atom. The molecule has 1 aromatic heterocycles. The summed E-state index contributed by atoms with van der Waals surface area (Å²) >= 11 is 0. The molecule has 0 spiro atoms. The van der Waals surface area contributed by atoms with Crippen LogP contribution in [-0.2, 0) is 0 Å². The summed E-state index contributed by atoms with van der Waals surface area (Å²) in [4.78, 5) is 13.0. The molecular formula is C23H25N3O3. The fourth-order valence-corrected chi connectivity index (χ4v) is 3.52. The summed E-state index contributed by atoms with van der Waals surface area (Å²) in [6.45, 7) is 7.19. The SMILES string of the molecule is Cc1cc(C(=O)NC(c2ccc3c(c2)OCCO3)C(C)C)nn1-c1ccccc1. The van der Waals surface area contributed by atoms with Crippen LogP contribution in [0.1, 0.15) is 41.6 Å². The monoisotopic (exact) mass is 391 g/mol. The van der Waals surface area contributed by atoms with Crippen LogP contribution in [0, 0.1) is 12.8 Å². The number of aryl methyl sites for hydroxylation is 1. The van der Waals surface area contributed by atoms with Crippen molar-refractivity contribution in [3.63, 3.8) is 0 Å². The quantitative estimate of drug-likeness (QED) is 0.712. The number of carbonyl (C=O) groups is 1. The van der Waals surface area contributed by atoms with E-state index in [2.05, 4.69) is 24.3 Å². The highest BCUT2D eigenvalue weighted by Crippen LogP contribution is 2.34. The first-order valence-electron chi connectivity index (χ1n) is 9.85. The topological polar surface area (TPSA) is 65.4 Å². The normalized spacial score (nSPS) is 13.9. The third-order valence-electron chi connectivity index (χ3n) is 5.00. The van der Waals surface area contributed by atoms with Gasteiger partial charge >= 0.3 is 0 Å². The van der Waals surface area contributed by atoms with Crippen molar-refractivity contribution in [1.29, 1.82) is 0 Å². The molecule has 1 aliphatic rings. The van der Waals surface area contributed by atoms with E-state index >= 15 is 0 Å². The molecule has 0 bridgehead atoms. The smallest absolute Gasteiger partial charge is 0.272 e. The van der Waals surface area contributed by atoms with E-state index < -0.39 is 0 Å². The number of rotatable bonds is 5. The van der Waals surface area contributed by atoms with Gasteiger partial charge in [0.15, 0.2) is 17.2 Å². The third kappa shape index (κ3) is 3.97. The fraction of sp³-hybridized carbons (Fsp3) is 0.304. The van der Waals surface area contributed by atoms with Gasteiger partial charge in [-0.05, 0) is 48.7 Å². The van der Waals surface area contributed by atoms with E-state index in [9.17, 15) is 4.79 Å². The zero-order chi connectivity index (χ0) is 20.4. The molecule has 29 heavy (non-hydrogen) atoms. The minimum Gasteiger partial charge on any atom is -0.486 e. The zero-order valence-corrected chi connectivity index (χ0v) is 16.9. The Morgan fingerprint density at radius 3 is 2.48 bits per heavy atom. The number of nitrogens with one attached hydrogen (secondary N) is 1. The van der Waals surface area contributed by atoms with Crippen molar-refractivity contribution in [2.24, 2.45) is 5.92 Å². The summed E-state index contributed by atoms with van der Waals surface area (Å²) in [6, 6.07) is 17.3. The lowest BCUT2D eigenvalue weighted by atomic mass is 9.95. The number of para-hydroxylation sites is 1. The number of nitrogens with zero attached hydrogens (tertiary/aromatic N) is 2. The maximum absolute atomic E-state index is 13.0. The molecule has 0 saturated carbocycles. The number of hydrogen-bond donors (Lipinski definition) is 1. The van der Waals surface area contributed by atoms with Crippen LogP contribution in [0.15, 0.2) is 54.6 Å². The molecule has 0 fully saturated rings. The van der Waals surface area contributed by atoms with Crippen molar-refractivity contribution in [2.75, 3.05) is 13.2 Å². The number of amides is 1. The molecule has 3 aromatic rings. The molecule has 1 unspecified atom stereocenters. The maximum atomic E-state index is 13.0. The molecule has 1 aliphatic heterocycles. The Balaban J connectivity index is 1.57. The maximum Gasteiger partial charge on any atom is 0.272 e. The standard InChI is InChI=1S/C23H25N3O3/c1-15(2)22(17-9-10-20-21(14-17)29-12-11-28-20)24-23(27)19-13-16(3)26(25-19)18-7-5-4-6-8-18/h4-10,13-15,22H,11-12H2,1-3H3,(H,24,27). The second-order valence-corrected chi connectivity index (χ2v) is 7.52. The van der Waals surface area contributed by atoms with Gasteiger partial charge in [0.1, 0.15) is 13.2 Å². The van der Waals surface area contributed by atoms with Gasteiger partial charge in [-0.15, -0.1) is 0 Å². The van der Waals surface area contributed by atoms with Crippen molar-refractivity contribution in [1.82, 2.24) is 15.1 Å². The van der Waals surface area contributed by atoms with Crippen LogP contribution in [0.2, 0.25) is 0 Å². The van der Waals surface area contributed by atoms with E-state index in [-0.39, 0.29) is 17.9 Å². The number of fused-ring (bicyclic) bond motifs is 1. The Kier molecular flexibility index (Phi) is 5.25. The van der Waals surface area contributed by atoms with Crippen LogP contribution in [0.5, 0.6) is 11.5 Å². The average molecular weight is 391 g/mol. The van der Waals surface area contributed by atoms with E-state index in [0.717, 1.165) is 28.4 Å². The molecule has 1 N–H and O–H groups in total. The molecule has 6 heteroatoms. The van der Waals surface area contributed by atoms with E-state index in [1.54, 1.807) is 4.68 Å². The summed E-state index contributed by atoms with van der Waals surface area (Å²) in [7, 11) is 0. The van der Waals surface area contributed by atoms with E-state index in [1.165, 1.54) is 0 Å². The Labute approximate surface area is 170 Å². The van der Waals surface area contributed by atoms with Gasteiger partial charge in [0.2, 0.25) is 0 Å². The van der Waals surface area contributed by atoms with Gasteiger partial charge in [0, 0.05) is 5.69 Å². The molecule has 2 aromatic carbocycles. The highest BCUT2D eigenvalue weighted by molar-refractivity contribution is 5.92. The third-order valence-corrected chi connectivity index (χ3v) is 5.00. The minimum atomic E-state index is -0.198. The molecule has 0 radical (unpaired) electrons. The summed E-state index contributed by atoms with van der Waals surface area (Å²) in [6.07, 6.45) is 0. The molecule has 150 valence electrons. The summed E-state index contributed by atoms with van der Waals surface area (Å²) in [5.41, 5.74) is 3.21. The molecule has 4 rings (SSSR count). The number of hydrogen-bond acceptors (Lipinski definition) is 4. The predicted molar refractivity (Wildman–Crippen MR) is 111 cm³/mol. The largest absolute Gasteiger partial charge is 0.486 e. The lowest BCUT2D eigenvalue weighted by Gasteiger charge is -2.25. The van der Waals surface area contributed by atoms with Gasteiger partial charge in [0.05, 0.1) is 11.7 Å². The predicted octanol–water partition coefficient (Wildman–Crippen LogP) is 4.08. The lowest BCUT2D eigenvalue weighted by molar-refractivity contribution is 0.0919. The van der Waals surface area contributed by atoms with Gasteiger partial charge in [-0.3, -0.25) is 4.79 Å². The minimum absolute atomic E-state index is 0.166. The van der Waals surface area contributed by atoms with Gasteiger partial charge in [0.25, 0.3) is 5.91 Å². The van der Waals surface area contributed by atoms with Crippen LogP contribution >= 0.6 is 0 Å². The molecule has 0 saturated heterocycles. The first-order valence-corrected chi connectivity index (χ1v) is 9.85. The molecular weight excluding hydrogens is 366 g/mol. The second-order valence-electron chi connectivity index (χ2n) is 7.52. The van der Waals surface area contributed by atoms with Gasteiger partial charge in [-0.1, -0.05) is 38.1 Å². The highest BCUT2D eigenvalue weighted by atomic mass is 16.6. The van der Waals surface area contributed by atoms with Crippen LogP contribution in [-0.4, -0.2) is 28.9 Å². The van der Waals surface area contributed by atoms with Crippen LogP contribution in [0.3, 0.4) is 0 Å². The van der Waals surface area contributed by atoms with E-state index in [4.69, 9.17) is 9.47 Å². The summed E-state index contributed by atoms with van der Waals surface area (Å²) in [5.74, 6) is 1.46. The Morgan fingerprint density at radius 2 is 1.76 bits per heavy atom. The molecule has 0 aliphatic carbocycles. The van der Waals surface area contributed by atoms with Gasteiger partial charge in [-0.2, -0.15) is 5.10 Å². The van der Waals surface area contributed by atoms with Crippen molar-refractivity contribution in [3.8, 4) is 17.2 Å². The Hall–Kier alpha value is -3.28. The fourth-order valence-electron chi connectivity index (χ4n) is 3.52. The summed E-state index contributed by atoms with van der Waals surface area (Å²) < 4.78 is 13.1. The van der Waals surface area contributed by atoms with Crippen molar-refractivity contribution < 1.29 is 14.3 Å². The van der Waals surface area contributed by atoms with E-state index in [0.29, 0.717) is 18.9 Å². The van der Waals surface area contributed by atoms with Crippen molar-refractivity contribution in [2.45, 2.75) is 26.8 Å². The van der Waals surface area contributed by atoms with E-state index in [1.807, 2.05) is 61.5 Å². The second kappa shape index (κ2) is 7.99. The van der Waals surface area contributed by atoms with Crippen molar-refractivity contribution >= 4 is 5.91 Å². The highest BCUT2D eigenvalue weighted by Gasteiger charge is 2.23. The Bertz CT molecular complexity index is 1010. The lowest BCUT2D eigenvalue weighted by Crippen LogP contribution is -2.32. The first-order chi connectivity index (χ1) is 14.0. The number of aromatic nitrogens is 2. The van der Waals surface area contributed by atoms with Crippen LogP contribution in [0.25, 0.3) is 5.69 Å². The molecule has 6 nitrogen and oxygen atoms in total. The number of ether oxygens (including phenoxy) is 2.